The van der Waals surface area contributed by atoms with Gasteiger partial charge in [-0.05, 0) is 32.4 Å². The Morgan fingerprint density at radius 1 is 1.36 bits per heavy atom. The summed E-state index contributed by atoms with van der Waals surface area (Å²) in [4.78, 5) is 12.2. The van der Waals surface area contributed by atoms with Crippen LogP contribution in [0.2, 0.25) is 0 Å². The van der Waals surface area contributed by atoms with Gasteiger partial charge in [0.2, 0.25) is 0 Å². The topological polar surface area (TPSA) is 29.1 Å². The second kappa shape index (κ2) is 5.84. The van der Waals surface area contributed by atoms with Crippen LogP contribution in [0.5, 0.6) is 0 Å². The monoisotopic (exact) mass is 352 g/mol. The molecule has 22 heavy (non-hydrogen) atoms. The molecule has 2 aliphatic heterocycles. The minimum atomic E-state index is 0.0216. The van der Waals surface area contributed by atoms with E-state index in [0.29, 0.717) is 11.2 Å². The van der Waals surface area contributed by atoms with E-state index in [2.05, 4.69) is 44.3 Å². The highest BCUT2D eigenvalue weighted by Crippen LogP contribution is 2.56. The Morgan fingerprint density at radius 2 is 2.09 bits per heavy atom. The summed E-state index contributed by atoms with van der Waals surface area (Å²) in [6, 6.07) is 6.62. The fourth-order valence-corrected chi connectivity index (χ4v) is 8.18. The number of fused-ring (bicyclic) bond motifs is 3. The summed E-state index contributed by atoms with van der Waals surface area (Å²) < 4.78 is 1.26. The van der Waals surface area contributed by atoms with Gasteiger partial charge in [0.15, 0.2) is 0 Å². The number of anilines is 1. The predicted octanol–water partition coefficient (Wildman–Crippen LogP) is 4.44. The molecule has 0 radical (unpaired) electrons. The fourth-order valence-electron chi connectivity index (χ4n) is 2.93. The molecule has 2 atom stereocenters. The van der Waals surface area contributed by atoms with Crippen LogP contribution in [0.15, 0.2) is 18.2 Å². The highest BCUT2D eigenvalue weighted by Gasteiger charge is 2.53. The molecule has 0 amide bonds. The van der Waals surface area contributed by atoms with Gasteiger partial charge in [-0.3, -0.25) is 0 Å². The SMILES string of the molecule is Cc1ccc2c(c1)[C@H]1C(=[S+]C(=O)C(C)C)SS[C@H]1C(C)(C)N2. The molecule has 5 heteroatoms. The maximum Gasteiger partial charge on any atom is 0.407 e. The van der Waals surface area contributed by atoms with Crippen molar-refractivity contribution < 1.29 is 4.79 Å². The molecule has 3 rings (SSSR count). The maximum atomic E-state index is 12.2. The van der Waals surface area contributed by atoms with Crippen molar-refractivity contribution in [1.82, 2.24) is 0 Å². The summed E-state index contributed by atoms with van der Waals surface area (Å²) in [6.07, 6.45) is 0. The van der Waals surface area contributed by atoms with Crippen molar-refractivity contribution in [1.29, 1.82) is 0 Å². The molecule has 0 spiro atoms. The average molecular weight is 353 g/mol. The van der Waals surface area contributed by atoms with E-state index in [-0.39, 0.29) is 16.6 Å². The van der Waals surface area contributed by atoms with E-state index in [1.54, 1.807) is 10.8 Å². The lowest BCUT2D eigenvalue weighted by atomic mass is 9.80. The zero-order valence-corrected chi connectivity index (χ0v) is 16.0. The molecule has 0 saturated carbocycles. The van der Waals surface area contributed by atoms with Gasteiger partial charge in [-0.15, -0.1) is 0 Å². The molecule has 2 heterocycles. The molecule has 1 fully saturated rings. The van der Waals surface area contributed by atoms with E-state index in [9.17, 15) is 4.79 Å². The molecule has 1 saturated heterocycles. The minimum absolute atomic E-state index is 0.0216. The lowest BCUT2D eigenvalue weighted by Gasteiger charge is -2.41. The van der Waals surface area contributed by atoms with Gasteiger partial charge in [0.25, 0.3) is 15.5 Å². The number of rotatable bonds is 1. The van der Waals surface area contributed by atoms with Crippen molar-refractivity contribution in [2.75, 3.05) is 5.32 Å². The Morgan fingerprint density at radius 3 is 2.77 bits per heavy atom. The first kappa shape index (κ1) is 16.3. The van der Waals surface area contributed by atoms with Crippen LogP contribution in [-0.4, -0.2) is 20.1 Å². The molecular weight excluding hydrogens is 330 g/mol. The van der Waals surface area contributed by atoms with Crippen LogP contribution in [0.4, 0.5) is 5.69 Å². The Labute approximate surface area is 144 Å². The first-order valence-corrected chi connectivity index (χ1v) is 10.6. The molecule has 1 N–H and O–H groups in total. The first-order valence-electron chi connectivity index (χ1n) is 7.60. The number of hydrogen-bond donors (Lipinski definition) is 1. The maximum absolute atomic E-state index is 12.2. The van der Waals surface area contributed by atoms with E-state index < -0.39 is 0 Å². The van der Waals surface area contributed by atoms with Crippen LogP contribution in [-0.2, 0) is 16.1 Å². The van der Waals surface area contributed by atoms with Crippen LogP contribution in [0.1, 0.15) is 44.7 Å². The summed E-state index contributed by atoms with van der Waals surface area (Å²) in [6.45, 7) is 10.6. The van der Waals surface area contributed by atoms with Crippen LogP contribution in [0, 0.1) is 12.8 Å². The van der Waals surface area contributed by atoms with Crippen molar-refractivity contribution in [3.63, 3.8) is 0 Å². The smallest absolute Gasteiger partial charge is 0.379 e. The van der Waals surface area contributed by atoms with Crippen molar-refractivity contribution >= 4 is 47.9 Å². The van der Waals surface area contributed by atoms with E-state index in [0.717, 1.165) is 0 Å². The van der Waals surface area contributed by atoms with Crippen molar-refractivity contribution in [2.24, 2.45) is 5.92 Å². The van der Waals surface area contributed by atoms with Crippen LogP contribution < -0.4 is 5.32 Å². The normalized spacial score (nSPS) is 27.5. The van der Waals surface area contributed by atoms with Gasteiger partial charge in [-0.25, -0.2) is 4.79 Å². The number of nitrogens with one attached hydrogen (secondary N) is 1. The lowest BCUT2D eigenvalue weighted by molar-refractivity contribution is -0.113. The highest BCUT2D eigenvalue weighted by molar-refractivity contribution is 8.84. The van der Waals surface area contributed by atoms with E-state index in [4.69, 9.17) is 0 Å². The van der Waals surface area contributed by atoms with Crippen molar-refractivity contribution in [3.05, 3.63) is 29.3 Å². The standard InChI is InChI=1S/C17H22NOS3/c1-9(2)15(19)20-16-13-11-8-10(3)6-7-12(11)18-17(4,5)14(13)21-22-16/h6-9,13-14,18H,1-5H3/q+1/t13-,14-/m1/s1. The molecule has 0 bridgehead atoms. The third-order valence-corrected chi connectivity index (χ3v) is 9.15. The summed E-state index contributed by atoms with van der Waals surface area (Å²) >= 11 is 1.46. The molecule has 2 aliphatic rings. The number of carbonyl (C=O) groups is 1. The lowest BCUT2D eigenvalue weighted by Crippen LogP contribution is -2.48. The largest absolute Gasteiger partial charge is 0.407 e. The Hall–Kier alpha value is -0.520. The molecular formula is C17H22NOS3+. The van der Waals surface area contributed by atoms with Crippen molar-refractivity contribution in [2.45, 2.75) is 51.3 Å². The summed E-state index contributed by atoms with van der Waals surface area (Å²) in [5, 5.41) is 4.42. The third-order valence-electron chi connectivity index (χ3n) is 4.17. The first-order chi connectivity index (χ1) is 10.3. The highest BCUT2D eigenvalue weighted by atomic mass is 33.1. The summed E-state index contributed by atoms with van der Waals surface area (Å²) in [5.74, 6) is 0.419. The Balaban J connectivity index is 2.09. The van der Waals surface area contributed by atoms with Crippen LogP contribution >= 0.6 is 21.6 Å². The number of carbonyl (C=O) groups excluding carboxylic acids is 1. The second-order valence-electron chi connectivity index (χ2n) is 6.91. The minimum Gasteiger partial charge on any atom is -0.379 e. The Bertz CT molecular complexity index is 651. The zero-order valence-electron chi connectivity index (χ0n) is 13.6. The second-order valence-corrected chi connectivity index (χ2v) is 10.6. The predicted molar refractivity (Wildman–Crippen MR) is 103 cm³/mol. The molecule has 118 valence electrons. The van der Waals surface area contributed by atoms with Gasteiger partial charge in [-0.1, -0.05) is 42.3 Å². The molecule has 0 aromatic heterocycles. The quantitative estimate of drug-likeness (QED) is 0.459. The van der Waals surface area contributed by atoms with Gasteiger partial charge >= 0.3 is 5.12 Å². The van der Waals surface area contributed by atoms with Gasteiger partial charge in [0, 0.05) is 22.0 Å². The molecule has 1 aromatic carbocycles. The zero-order chi connectivity index (χ0) is 16.1. The number of benzene rings is 1. The average Bonchev–Trinajstić information content (AvgIpc) is 2.84. The van der Waals surface area contributed by atoms with Gasteiger partial charge in [0.05, 0.1) is 17.1 Å². The van der Waals surface area contributed by atoms with Gasteiger partial charge < -0.3 is 5.32 Å². The van der Waals surface area contributed by atoms with Crippen LogP contribution in [0.3, 0.4) is 0 Å². The van der Waals surface area contributed by atoms with Gasteiger partial charge in [-0.2, -0.15) is 0 Å². The number of hydrogen-bond acceptors (Lipinski definition) is 4. The van der Waals surface area contributed by atoms with Gasteiger partial charge in [0.1, 0.15) is 0 Å². The molecule has 0 unspecified atom stereocenters. The third kappa shape index (κ3) is 2.83. The van der Waals surface area contributed by atoms with E-state index in [1.807, 2.05) is 24.6 Å². The summed E-state index contributed by atoms with van der Waals surface area (Å²) in [7, 11) is 3.71. The molecule has 1 aromatic rings. The van der Waals surface area contributed by atoms with Crippen molar-refractivity contribution in [3.8, 4) is 0 Å². The molecule has 2 nitrogen and oxygen atoms in total. The Kier molecular flexibility index (Phi) is 4.34. The number of aryl methyl sites for hydroxylation is 1. The fraction of sp³-hybridized carbons (Fsp3) is 0.529. The summed E-state index contributed by atoms with van der Waals surface area (Å²) in [5.41, 5.74) is 3.87. The van der Waals surface area contributed by atoms with Crippen LogP contribution in [0.25, 0.3) is 0 Å². The molecule has 0 aliphatic carbocycles. The van der Waals surface area contributed by atoms with E-state index in [1.165, 1.54) is 32.4 Å². The van der Waals surface area contributed by atoms with E-state index >= 15 is 0 Å².